The van der Waals surface area contributed by atoms with Crippen molar-refractivity contribution in [3.63, 3.8) is 0 Å². The summed E-state index contributed by atoms with van der Waals surface area (Å²) in [5, 5.41) is 3.58. The lowest BCUT2D eigenvalue weighted by Crippen LogP contribution is -2.39. The number of hydrogen-bond acceptors (Lipinski definition) is 2. The third-order valence-corrected chi connectivity index (χ3v) is 4.29. The summed E-state index contributed by atoms with van der Waals surface area (Å²) < 4.78 is 13.2. The molecule has 0 radical (unpaired) electrons. The van der Waals surface area contributed by atoms with Gasteiger partial charge < -0.3 is 5.32 Å². The summed E-state index contributed by atoms with van der Waals surface area (Å²) in [5.41, 5.74) is 2.32. The second-order valence-corrected chi connectivity index (χ2v) is 6.87. The van der Waals surface area contributed by atoms with Gasteiger partial charge in [-0.05, 0) is 74.5 Å². The van der Waals surface area contributed by atoms with Crippen molar-refractivity contribution >= 4 is 0 Å². The van der Waals surface area contributed by atoms with Gasteiger partial charge in [0.2, 0.25) is 0 Å². The number of rotatable bonds is 6. The van der Waals surface area contributed by atoms with Gasteiger partial charge in [0, 0.05) is 13.1 Å². The molecule has 3 heteroatoms. The van der Waals surface area contributed by atoms with Crippen molar-refractivity contribution < 1.29 is 4.39 Å². The van der Waals surface area contributed by atoms with E-state index in [0.29, 0.717) is 5.92 Å². The van der Waals surface area contributed by atoms with Crippen molar-refractivity contribution in [1.29, 1.82) is 0 Å². The molecule has 1 aromatic carbocycles. The number of nitrogens with zero attached hydrogens (tertiary/aromatic N) is 1. The van der Waals surface area contributed by atoms with Gasteiger partial charge in [-0.2, -0.15) is 0 Å². The number of nitrogens with one attached hydrogen (secondary N) is 1. The number of piperidine rings is 1. The second-order valence-electron chi connectivity index (χ2n) is 6.87. The molecule has 2 rings (SSSR count). The zero-order valence-electron chi connectivity index (χ0n) is 13.7. The molecule has 0 aliphatic carbocycles. The molecule has 1 aliphatic rings. The molecule has 1 atom stereocenters. The van der Waals surface area contributed by atoms with Gasteiger partial charge in [0.25, 0.3) is 0 Å². The zero-order valence-corrected chi connectivity index (χ0v) is 13.7. The van der Waals surface area contributed by atoms with E-state index in [9.17, 15) is 4.39 Å². The molecule has 118 valence electrons. The van der Waals surface area contributed by atoms with Gasteiger partial charge in [0.1, 0.15) is 5.82 Å². The van der Waals surface area contributed by atoms with Crippen LogP contribution in [0, 0.1) is 24.6 Å². The van der Waals surface area contributed by atoms with E-state index in [1.165, 1.54) is 18.4 Å². The molecule has 0 bridgehead atoms. The highest BCUT2D eigenvalue weighted by atomic mass is 19.1. The van der Waals surface area contributed by atoms with E-state index >= 15 is 0 Å². The summed E-state index contributed by atoms with van der Waals surface area (Å²) in [6.07, 6.45) is 2.60. The van der Waals surface area contributed by atoms with E-state index in [1.54, 1.807) is 12.1 Å². The molecule has 21 heavy (non-hydrogen) atoms. The maximum atomic E-state index is 13.2. The first-order valence-corrected chi connectivity index (χ1v) is 8.22. The van der Waals surface area contributed by atoms with E-state index in [0.717, 1.165) is 44.2 Å². The highest BCUT2D eigenvalue weighted by molar-refractivity contribution is 5.26. The molecular formula is C18H29FN2. The Morgan fingerprint density at radius 1 is 1.38 bits per heavy atom. The Labute approximate surface area is 128 Å². The maximum Gasteiger partial charge on any atom is 0.123 e. The lowest BCUT2D eigenvalue weighted by Gasteiger charge is -2.33. The molecule has 1 fully saturated rings. The molecule has 1 aliphatic heterocycles. The van der Waals surface area contributed by atoms with Crippen molar-refractivity contribution in [3.8, 4) is 0 Å². The molecule has 1 aromatic rings. The topological polar surface area (TPSA) is 15.3 Å². The van der Waals surface area contributed by atoms with Gasteiger partial charge in [-0.25, -0.2) is 4.39 Å². The first kappa shape index (κ1) is 16.4. The summed E-state index contributed by atoms with van der Waals surface area (Å²) >= 11 is 0. The minimum absolute atomic E-state index is 0.134. The van der Waals surface area contributed by atoms with E-state index in [-0.39, 0.29) is 5.82 Å². The maximum absolute atomic E-state index is 13.2. The van der Waals surface area contributed by atoms with Crippen molar-refractivity contribution in [2.75, 3.05) is 26.2 Å². The van der Waals surface area contributed by atoms with Crippen molar-refractivity contribution in [3.05, 3.63) is 35.1 Å². The molecular weight excluding hydrogens is 263 g/mol. The molecule has 0 aromatic heterocycles. The number of halogens is 1. The van der Waals surface area contributed by atoms with E-state index < -0.39 is 0 Å². The summed E-state index contributed by atoms with van der Waals surface area (Å²) in [4.78, 5) is 2.52. The van der Waals surface area contributed by atoms with Crippen LogP contribution >= 0.6 is 0 Å². The first-order chi connectivity index (χ1) is 10.0. The van der Waals surface area contributed by atoms with Crippen LogP contribution in [0.2, 0.25) is 0 Å². The predicted molar refractivity (Wildman–Crippen MR) is 86.8 cm³/mol. The van der Waals surface area contributed by atoms with Gasteiger partial charge in [-0.15, -0.1) is 0 Å². The summed E-state index contributed by atoms with van der Waals surface area (Å²) in [5.74, 6) is 1.33. The molecule has 1 unspecified atom stereocenters. The smallest absolute Gasteiger partial charge is 0.123 e. The highest BCUT2D eigenvalue weighted by Crippen LogP contribution is 2.20. The van der Waals surface area contributed by atoms with Gasteiger partial charge in [0.15, 0.2) is 0 Å². The minimum Gasteiger partial charge on any atom is -0.316 e. The standard InChI is InChI=1S/C18H29FN2/c1-14(2)10-20-11-16-5-4-8-21(12-16)13-17-6-7-18(19)9-15(17)3/h6-7,9,14,16,20H,4-5,8,10-13H2,1-3H3. The predicted octanol–water partition coefficient (Wildman–Crippen LogP) is 3.59. The summed E-state index contributed by atoms with van der Waals surface area (Å²) in [6, 6.07) is 5.15. The van der Waals surface area contributed by atoms with Gasteiger partial charge in [0.05, 0.1) is 0 Å². The molecule has 1 heterocycles. The van der Waals surface area contributed by atoms with Crippen LogP contribution in [0.3, 0.4) is 0 Å². The Balaban J connectivity index is 1.83. The molecule has 1 saturated heterocycles. The number of aryl methyl sites for hydroxylation is 1. The Morgan fingerprint density at radius 2 is 2.19 bits per heavy atom. The number of hydrogen-bond donors (Lipinski definition) is 1. The monoisotopic (exact) mass is 292 g/mol. The SMILES string of the molecule is Cc1cc(F)ccc1CN1CCCC(CNCC(C)C)C1. The largest absolute Gasteiger partial charge is 0.316 e. The molecule has 0 spiro atoms. The van der Waals surface area contributed by atoms with E-state index in [1.807, 2.05) is 13.0 Å². The summed E-state index contributed by atoms with van der Waals surface area (Å²) in [7, 11) is 0. The number of likely N-dealkylation sites (tertiary alicyclic amines) is 1. The van der Waals surface area contributed by atoms with Crippen LogP contribution in [0.1, 0.15) is 37.8 Å². The number of benzene rings is 1. The average molecular weight is 292 g/mol. The quantitative estimate of drug-likeness (QED) is 0.862. The van der Waals surface area contributed by atoms with Crippen molar-refractivity contribution in [2.45, 2.75) is 40.2 Å². The second kappa shape index (κ2) is 7.90. The minimum atomic E-state index is -0.134. The molecule has 2 nitrogen and oxygen atoms in total. The Hall–Kier alpha value is -0.930. The van der Waals surface area contributed by atoms with Crippen LogP contribution in [0.5, 0.6) is 0 Å². The van der Waals surface area contributed by atoms with Crippen LogP contribution in [-0.2, 0) is 6.54 Å². The summed E-state index contributed by atoms with van der Waals surface area (Å²) in [6.45, 7) is 12.0. The van der Waals surface area contributed by atoms with Crippen LogP contribution in [0.15, 0.2) is 18.2 Å². The van der Waals surface area contributed by atoms with Crippen LogP contribution in [-0.4, -0.2) is 31.1 Å². The fraction of sp³-hybridized carbons (Fsp3) is 0.667. The van der Waals surface area contributed by atoms with Crippen LogP contribution in [0.25, 0.3) is 0 Å². The van der Waals surface area contributed by atoms with Gasteiger partial charge in [-0.3, -0.25) is 4.90 Å². The Kier molecular flexibility index (Phi) is 6.19. The van der Waals surface area contributed by atoms with E-state index in [4.69, 9.17) is 0 Å². The lowest BCUT2D eigenvalue weighted by atomic mass is 9.97. The lowest BCUT2D eigenvalue weighted by molar-refractivity contribution is 0.164. The third-order valence-electron chi connectivity index (χ3n) is 4.29. The van der Waals surface area contributed by atoms with Crippen LogP contribution in [0.4, 0.5) is 4.39 Å². The Morgan fingerprint density at radius 3 is 2.90 bits per heavy atom. The van der Waals surface area contributed by atoms with Crippen LogP contribution < -0.4 is 5.32 Å². The van der Waals surface area contributed by atoms with Crippen molar-refractivity contribution in [2.24, 2.45) is 11.8 Å². The van der Waals surface area contributed by atoms with E-state index in [2.05, 4.69) is 24.1 Å². The fourth-order valence-corrected chi connectivity index (χ4v) is 3.12. The highest BCUT2D eigenvalue weighted by Gasteiger charge is 2.20. The zero-order chi connectivity index (χ0) is 15.2. The third kappa shape index (κ3) is 5.40. The first-order valence-electron chi connectivity index (χ1n) is 8.22. The van der Waals surface area contributed by atoms with Crippen molar-refractivity contribution in [1.82, 2.24) is 10.2 Å². The molecule has 0 amide bonds. The molecule has 1 N–H and O–H groups in total. The molecule has 0 saturated carbocycles. The fourth-order valence-electron chi connectivity index (χ4n) is 3.12. The Bertz CT molecular complexity index is 445. The van der Waals surface area contributed by atoms with Gasteiger partial charge >= 0.3 is 0 Å². The van der Waals surface area contributed by atoms with Gasteiger partial charge in [-0.1, -0.05) is 19.9 Å². The average Bonchev–Trinajstić information content (AvgIpc) is 2.42. The normalized spacial score (nSPS) is 20.1.